The topological polar surface area (TPSA) is 73.8 Å². The average molecular weight is 397 g/mol. The maximum absolute atomic E-state index is 12.4. The molecule has 2 fully saturated rings. The van der Waals surface area contributed by atoms with Crippen molar-refractivity contribution in [2.75, 3.05) is 50.5 Å². The highest BCUT2D eigenvalue weighted by atomic mass is 32.2. The van der Waals surface area contributed by atoms with Crippen LogP contribution in [0.3, 0.4) is 0 Å². The molecule has 0 amide bonds. The summed E-state index contributed by atoms with van der Waals surface area (Å²) in [7, 11) is -1.47. The molecule has 1 aromatic rings. The predicted molar refractivity (Wildman–Crippen MR) is 109 cm³/mol. The number of guanidine groups is 1. The lowest BCUT2D eigenvalue weighted by Crippen LogP contribution is -2.45. The molecule has 6 nitrogen and oxygen atoms in total. The molecule has 1 saturated heterocycles. The maximum atomic E-state index is 12.4. The Labute approximate surface area is 160 Å². The van der Waals surface area contributed by atoms with E-state index in [0.717, 1.165) is 18.1 Å². The molecule has 0 unspecified atom stereocenters. The van der Waals surface area contributed by atoms with Crippen LogP contribution in [-0.4, -0.2) is 69.2 Å². The van der Waals surface area contributed by atoms with Crippen LogP contribution in [0.2, 0.25) is 0 Å². The van der Waals surface area contributed by atoms with Crippen LogP contribution in [0.5, 0.6) is 0 Å². The van der Waals surface area contributed by atoms with Crippen molar-refractivity contribution in [1.29, 1.82) is 0 Å². The van der Waals surface area contributed by atoms with Gasteiger partial charge in [0.25, 0.3) is 0 Å². The van der Waals surface area contributed by atoms with Gasteiger partial charge in [-0.3, -0.25) is 4.99 Å². The van der Waals surface area contributed by atoms with Gasteiger partial charge in [-0.2, -0.15) is 11.8 Å². The molecule has 1 aliphatic heterocycles. The van der Waals surface area contributed by atoms with E-state index in [2.05, 4.69) is 39.9 Å². The summed E-state index contributed by atoms with van der Waals surface area (Å²) < 4.78 is 26.4. The van der Waals surface area contributed by atoms with Gasteiger partial charge in [-0.15, -0.1) is 0 Å². The summed E-state index contributed by atoms with van der Waals surface area (Å²) in [5, 5.41) is 6.51. The molecule has 1 aromatic carbocycles. The van der Waals surface area contributed by atoms with Gasteiger partial charge in [0.05, 0.1) is 5.75 Å². The fourth-order valence-corrected chi connectivity index (χ4v) is 5.73. The summed E-state index contributed by atoms with van der Waals surface area (Å²) in [4.78, 5) is 4.23. The van der Waals surface area contributed by atoms with Crippen molar-refractivity contribution in [3.8, 4) is 0 Å². The molecule has 26 heavy (non-hydrogen) atoms. The molecule has 1 aliphatic carbocycles. The molecular weight excluding hydrogens is 368 g/mol. The van der Waals surface area contributed by atoms with Crippen LogP contribution in [0.25, 0.3) is 0 Å². The maximum Gasteiger partial charge on any atom is 0.215 e. The average Bonchev–Trinajstić information content (AvgIpc) is 3.47. The molecule has 0 spiro atoms. The zero-order valence-corrected chi connectivity index (χ0v) is 16.9. The van der Waals surface area contributed by atoms with E-state index in [0.29, 0.717) is 25.6 Å². The van der Waals surface area contributed by atoms with E-state index in [-0.39, 0.29) is 11.2 Å². The lowest BCUT2D eigenvalue weighted by molar-refractivity contribution is 0.443. The molecule has 3 rings (SSSR count). The molecule has 0 bridgehead atoms. The quantitative estimate of drug-likeness (QED) is 0.536. The van der Waals surface area contributed by atoms with Crippen molar-refractivity contribution in [1.82, 2.24) is 14.9 Å². The van der Waals surface area contributed by atoms with Crippen LogP contribution in [0.1, 0.15) is 18.4 Å². The van der Waals surface area contributed by atoms with Gasteiger partial charge in [-0.25, -0.2) is 12.7 Å². The standard InChI is InChI=1S/C18H28N4O2S2/c1-19-17(20-9-14-26(23,24)22-10-12-25-13-11-22)21-15-18(7-8-18)16-5-3-2-4-6-16/h2-6H,7-15H2,1H3,(H2,19,20,21). The largest absolute Gasteiger partial charge is 0.356 e. The summed E-state index contributed by atoms with van der Waals surface area (Å²) in [6.45, 7) is 2.43. The van der Waals surface area contributed by atoms with Crippen LogP contribution in [-0.2, 0) is 15.4 Å². The highest BCUT2D eigenvalue weighted by molar-refractivity contribution is 7.99. The Kier molecular flexibility index (Phi) is 6.47. The number of hydrogen-bond acceptors (Lipinski definition) is 4. The molecule has 8 heteroatoms. The monoisotopic (exact) mass is 396 g/mol. The third-order valence-electron chi connectivity index (χ3n) is 5.07. The van der Waals surface area contributed by atoms with Crippen molar-refractivity contribution >= 4 is 27.7 Å². The SMILES string of the molecule is CN=C(NCCS(=O)(=O)N1CCSCC1)NCC1(c2ccccc2)CC1. The lowest BCUT2D eigenvalue weighted by Gasteiger charge is -2.25. The van der Waals surface area contributed by atoms with E-state index in [4.69, 9.17) is 0 Å². The summed E-state index contributed by atoms with van der Waals surface area (Å²) >= 11 is 1.81. The smallest absolute Gasteiger partial charge is 0.215 e. The van der Waals surface area contributed by atoms with Gasteiger partial charge in [0.2, 0.25) is 10.0 Å². The fraction of sp³-hybridized carbons (Fsp3) is 0.611. The summed E-state index contributed by atoms with van der Waals surface area (Å²) in [5.74, 6) is 2.54. The van der Waals surface area contributed by atoms with Crippen LogP contribution in [0, 0.1) is 0 Å². The van der Waals surface area contributed by atoms with Gasteiger partial charge in [-0.05, 0) is 18.4 Å². The molecule has 0 radical (unpaired) electrons. The molecule has 144 valence electrons. The van der Waals surface area contributed by atoms with Crippen molar-refractivity contribution in [3.63, 3.8) is 0 Å². The second-order valence-electron chi connectivity index (χ2n) is 6.83. The summed E-state index contributed by atoms with van der Waals surface area (Å²) in [6.07, 6.45) is 2.34. The molecule has 1 heterocycles. The van der Waals surface area contributed by atoms with E-state index in [9.17, 15) is 8.42 Å². The number of benzene rings is 1. The zero-order valence-electron chi connectivity index (χ0n) is 15.3. The van der Waals surface area contributed by atoms with E-state index in [1.54, 1.807) is 11.4 Å². The molecule has 1 saturated carbocycles. The molecule has 0 atom stereocenters. The Hall–Kier alpha value is -1.25. The lowest BCUT2D eigenvalue weighted by atomic mass is 9.96. The minimum Gasteiger partial charge on any atom is -0.356 e. The van der Waals surface area contributed by atoms with Gasteiger partial charge < -0.3 is 10.6 Å². The number of sulfonamides is 1. The van der Waals surface area contributed by atoms with Crippen molar-refractivity contribution < 1.29 is 8.42 Å². The molecule has 2 N–H and O–H groups in total. The summed E-state index contributed by atoms with van der Waals surface area (Å²) in [6, 6.07) is 10.5. The Morgan fingerprint density at radius 3 is 2.50 bits per heavy atom. The molecule has 2 aliphatic rings. The van der Waals surface area contributed by atoms with Gasteiger partial charge in [-0.1, -0.05) is 30.3 Å². The van der Waals surface area contributed by atoms with Crippen molar-refractivity contribution in [2.45, 2.75) is 18.3 Å². The van der Waals surface area contributed by atoms with E-state index < -0.39 is 10.0 Å². The van der Waals surface area contributed by atoms with Gasteiger partial charge >= 0.3 is 0 Å². The van der Waals surface area contributed by atoms with Crippen LogP contribution in [0.4, 0.5) is 0 Å². The van der Waals surface area contributed by atoms with E-state index in [1.165, 1.54) is 18.4 Å². The predicted octanol–water partition coefficient (Wildman–Crippen LogP) is 1.26. The highest BCUT2D eigenvalue weighted by Gasteiger charge is 2.44. The summed E-state index contributed by atoms with van der Waals surface area (Å²) in [5.41, 5.74) is 1.55. The Bertz CT molecular complexity index is 712. The fourth-order valence-electron chi connectivity index (χ4n) is 3.24. The number of nitrogens with one attached hydrogen (secondary N) is 2. The Morgan fingerprint density at radius 2 is 1.88 bits per heavy atom. The first-order chi connectivity index (χ1) is 12.6. The third kappa shape index (κ3) is 4.92. The van der Waals surface area contributed by atoms with Gasteiger partial charge in [0, 0.05) is 50.1 Å². The highest BCUT2D eigenvalue weighted by Crippen LogP contribution is 2.47. The number of aliphatic imine (C=N–C) groups is 1. The molecular formula is C18H28N4O2S2. The number of hydrogen-bond donors (Lipinski definition) is 2. The third-order valence-corrected chi connectivity index (χ3v) is 7.89. The van der Waals surface area contributed by atoms with Crippen LogP contribution >= 0.6 is 11.8 Å². The Balaban J connectivity index is 1.45. The zero-order chi connectivity index (χ0) is 18.5. The Morgan fingerprint density at radius 1 is 1.19 bits per heavy atom. The van der Waals surface area contributed by atoms with Crippen LogP contribution < -0.4 is 10.6 Å². The van der Waals surface area contributed by atoms with Crippen molar-refractivity contribution in [3.05, 3.63) is 35.9 Å². The number of thioether (sulfide) groups is 1. The van der Waals surface area contributed by atoms with Crippen LogP contribution in [0.15, 0.2) is 35.3 Å². The van der Waals surface area contributed by atoms with Gasteiger partial charge in [0.1, 0.15) is 0 Å². The molecule has 0 aromatic heterocycles. The van der Waals surface area contributed by atoms with Gasteiger partial charge in [0.15, 0.2) is 5.96 Å². The normalized spacial score (nSPS) is 20.6. The number of rotatable bonds is 7. The minimum absolute atomic E-state index is 0.0994. The van der Waals surface area contributed by atoms with E-state index in [1.807, 2.05) is 17.8 Å². The number of nitrogens with zero attached hydrogens (tertiary/aromatic N) is 2. The minimum atomic E-state index is -3.19. The first-order valence-corrected chi connectivity index (χ1v) is 11.9. The van der Waals surface area contributed by atoms with E-state index >= 15 is 0 Å². The first-order valence-electron chi connectivity index (χ1n) is 9.11. The van der Waals surface area contributed by atoms with Crippen molar-refractivity contribution in [2.24, 2.45) is 4.99 Å². The first kappa shape index (κ1) is 19.5. The second-order valence-corrected chi connectivity index (χ2v) is 10.1. The second kappa shape index (κ2) is 8.63.